The smallest absolute Gasteiger partial charge is 0.231 e. The third-order valence-corrected chi connectivity index (χ3v) is 4.49. The summed E-state index contributed by atoms with van der Waals surface area (Å²) in [5.74, 6) is -0.260. The van der Waals surface area contributed by atoms with E-state index in [4.69, 9.17) is 5.73 Å². The third-order valence-electron chi connectivity index (χ3n) is 3.84. The fourth-order valence-electron chi connectivity index (χ4n) is 2.58. The highest BCUT2D eigenvalue weighted by Crippen LogP contribution is 2.31. The lowest BCUT2D eigenvalue weighted by atomic mass is 9.97. The van der Waals surface area contributed by atoms with Gasteiger partial charge in [-0.2, -0.15) is 0 Å². The highest BCUT2D eigenvalue weighted by Gasteiger charge is 2.24. The predicted molar refractivity (Wildman–Crippen MR) is 83.7 cm³/mol. The van der Waals surface area contributed by atoms with Crippen LogP contribution in [0.4, 0.5) is 10.1 Å². The number of nitrogens with zero attached hydrogens (tertiary/aromatic N) is 1. The molecule has 0 radical (unpaired) electrons. The van der Waals surface area contributed by atoms with Crippen LogP contribution in [-0.2, 0) is 11.2 Å². The Kier molecular flexibility index (Phi) is 3.55. The Morgan fingerprint density at radius 3 is 2.62 bits per heavy atom. The minimum Gasteiger partial charge on any atom is -0.320 e. The predicted octanol–water partition coefficient (Wildman–Crippen LogP) is 3.16. The van der Waals surface area contributed by atoms with Gasteiger partial charge in [-0.3, -0.25) is 4.79 Å². The summed E-state index contributed by atoms with van der Waals surface area (Å²) in [4.78, 5) is 13.3. The van der Waals surface area contributed by atoms with E-state index in [1.807, 2.05) is 18.2 Å². The zero-order valence-corrected chi connectivity index (χ0v) is 13.0. The molecule has 2 N–H and O–H groups in total. The number of carbonyl (C=O) groups is 1. The molecule has 21 heavy (non-hydrogen) atoms. The topological polar surface area (TPSA) is 46.3 Å². The number of likely N-dealkylation sites (N-methyl/N-ethyl adjacent to an activating group) is 1. The van der Waals surface area contributed by atoms with Gasteiger partial charge in [-0.15, -0.1) is 0 Å². The Morgan fingerprint density at radius 1 is 1.24 bits per heavy atom. The maximum Gasteiger partial charge on any atom is 0.231 e. The van der Waals surface area contributed by atoms with Crippen LogP contribution in [-0.4, -0.2) is 13.0 Å². The van der Waals surface area contributed by atoms with Crippen LogP contribution in [0.2, 0.25) is 0 Å². The average Bonchev–Trinajstić information content (AvgIpc) is 2.76. The van der Waals surface area contributed by atoms with Gasteiger partial charge in [0, 0.05) is 12.7 Å². The molecular weight excluding hydrogens is 335 g/mol. The maximum absolute atomic E-state index is 13.6. The molecule has 1 amide bonds. The van der Waals surface area contributed by atoms with Gasteiger partial charge in [0.2, 0.25) is 5.91 Å². The van der Waals surface area contributed by atoms with Crippen LogP contribution >= 0.6 is 15.9 Å². The number of rotatable bonds is 2. The number of amides is 1. The first-order chi connectivity index (χ1) is 9.97. The Balaban J connectivity index is 1.96. The van der Waals surface area contributed by atoms with Crippen molar-refractivity contribution in [2.75, 3.05) is 11.9 Å². The van der Waals surface area contributed by atoms with Crippen LogP contribution in [0.15, 0.2) is 40.9 Å². The largest absolute Gasteiger partial charge is 0.320 e. The van der Waals surface area contributed by atoms with Crippen LogP contribution in [0.5, 0.6) is 0 Å². The summed E-state index contributed by atoms with van der Waals surface area (Å²) in [7, 11) is 1.76. The molecule has 0 aliphatic carbocycles. The van der Waals surface area contributed by atoms with Crippen molar-refractivity contribution in [2.45, 2.75) is 12.5 Å². The highest BCUT2D eigenvalue weighted by molar-refractivity contribution is 9.10. The van der Waals surface area contributed by atoms with Crippen molar-refractivity contribution in [1.29, 1.82) is 0 Å². The van der Waals surface area contributed by atoms with Crippen LogP contribution in [0.3, 0.4) is 0 Å². The first-order valence-electron chi connectivity index (χ1n) is 6.57. The molecule has 2 aromatic rings. The number of fused-ring (bicyclic) bond motifs is 1. The van der Waals surface area contributed by atoms with Crippen molar-refractivity contribution in [3.63, 3.8) is 0 Å². The monoisotopic (exact) mass is 348 g/mol. The van der Waals surface area contributed by atoms with Gasteiger partial charge in [0.1, 0.15) is 5.82 Å². The Morgan fingerprint density at radius 2 is 1.90 bits per heavy atom. The van der Waals surface area contributed by atoms with E-state index in [0.717, 1.165) is 16.8 Å². The summed E-state index contributed by atoms with van der Waals surface area (Å²) in [6.07, 6.45) is 0.390. The Labute approximate surface area is 130 Å². The molecule has 5 heteroatoms. The van der Waals surface area contributed by atoms with E-state index in [9.17, 15) is 9.18 Å². The second kappa shape index (κ2) is 5.24. The lowest BCUT2D eigenvalue weighted by molar-refractivity contribution is -0.117. The molecule has 0 spiro atoms. The maximum atomic E-state index is 13.6. The summed E-state index contributed by atoms with van der Waals surface area (Å²) >= 11 is 3.13. The van der Waals surface area contributed by atoms with Gasteiger partial charge in [-0.25, -0.2) is 4.39 Å². The summed E-state index contributed by atoms with van der Waals surface area (Å²) in [6.45, 7) is 0. The molecule has 1 unspecified atom stereocenters. The molecule has 1 aliphatic rings. The number of hydrogen-bond donors (Lipinski definition) is 1. The fraction of sp³-hybridized carbons (Fsp3) is 0.188. The minimum absolute atomic E-state index is 0.0745. The molecule has 0 saturated heterocycles. The number of halogens is 2. The first-order valence-corrected chi connectivity index (χ1v) is 7.36. The second-order valence-electron chi connectivity index (χ2n) is 5.17. The second-order valence-corrected chi connectivity index (χ2v) is 6.02. The number of hydrogen-bond acceptors (Lipinski definition) is 2. The zero-order chi connectivity index (χ0) is 15.1. The minimum atomic E-state index is -0.418. The van der Waals surface area contributed by atoms with Crippen molar-refractivity contribution in [1.82, 2.24) is 0 Å². The first kappa shape index (κ1) is 14.2. The number of nitrogens with two attached hydrogens (primary N) is 1. The normalized spacial score (nSPS) is 15.2. The number of carbonyl (C=O) groups excluding carboxylic acids is 1. The van der Waals surface area contributed by atoms with Crippen LogP contribution in [0.1, 0.15) is 22.7 Å². The molecule has 0 bridgehead atoms. The summed E-state index contributed by atoms with van der Waals surface area (Å²) in [6, 6.07) is 10.2. The van der Waals surface area contributed by atoms with Gasteiger partial charge in [-0.1, -0.05) is 18.2 Å². The lowest BCUT2D eigenvalue weighted by Crippen LogP contribution is -2.20. The summed E-state index contributed by atoms with van der Waals surface area (Å²) < 4.78 is 14.0. The van der Waals surface area contributed by atoms with Gasteiger partial charge in [-0.05, 0) is 50.8 Å². The zero-order valence-electron chi connectivity index (χ0n) is 11.4. The van der Waals surface area contributed by atoms with Gasteiger partial charge in [0.05, 0.1) is 16.9 Å². The van der Waals surface area contributed by atoms with Crippen molar-refractivity contribution >= 4 is 27.5 Å². The van der Waals surface area contributed by atoms with E-state index in [1.165, 1.54) is 6.07 Å². The number of anilines is 1. The molecular formula is C16H14BrFN2O. The lowest BCUT2D eigenvalue weighted by Gasteiger charge is -2.15. The SMILES string of the molecule is CN1C(=O)Cc2cc(C(N)c3ccc(Br)c(F)c3)ccc21. The molecule has 2 aromatic carbocycles. The molecule has 1 heterocycles. The van der Waals surface area contributed by atoms with E-state index in [2.05, 4.69) is 15.9 Å². The van der Waals surface area contributed by atoms with E-state index in [0.29, 0.717) is 16.5 Å². The van der Waals surface area contributed by atoms with Gasteiger partial charge in [0.25, 0.3) is 0 Å². The molecule has 108 valence electrons. The fourth-order valence-corrected chi connectivity index (χ4v) is 2.83. The van der Waals surface area contributed by atoms with Crippen LogP contribution in [0, 0.1) is 5.82 Å². The van der Waals surface area contributed by atoms with Crippen LogP contribution < -0.4 is 10.6 Å². The van der Waals surface area contributed by atoms with E-state index >= 15 is 0 Å². The van der Waals surface area contributed by atoms with Crippen molar-refractivity contribution < 1.29 is 9.18 Å². The molecule has 3 rings (SSSR count). The molecule has 0 aromatic heterocycles. The third kappa shape index (κ3) is 2.47. The van der Waals surface area contributed by atoms with Crippen molar-refractivity contribution in [3.05, 3.63) is 63.4 Å². The standard InChI is InChI=1S/C16H14BrFN2O/c1-20-14-5-3-9(6-11(14)8-15(20)21)16(19)10-2-4-12(17)13(18)7-10/h2-7,16H,8,19H2,1H3. The summed E-state index contributed by atoms with van der Waals surface area (Å²) in [5, 5.41) is 0. The van der Waals surface area contributed by atoms with Crippen molar-refractivity contribution in [3.8, 4) is 0 Å². The van der Waals surface area contributed by atoms with E-state index < -0.39 is 6.04 Å². The van der Waals surface area contributed by atoms with E-state index in [1.54, 1.807) is 24.1 Å². The molecule has 0 saturated carbocycles. The quantitative estimate of drug-likeness (QED) is 0.905. The van der Waals surface area contributed by atoms with Crippen molar-refractivity contribution in [2.24, 2.45) is 5.73 Å². The number of benzene rings is 2. The van der Waals surface area contributed by atoms with E-state index in [-0.39, 0.29) is 11.7 Å². The molecule has 1 aliphatic heterocycles. The summed E-state index contributed by atoms with van der Waals surface area (Å²) in [5.41, 5.74) is 9.67. The molecule has 0 fully saturated rings. The van der Waals surface area contributed by atoms with Gasteiger partial charge < -0.3 is 10.6 Å². The van der Waals surface area contributed by atoms with Crippen LogP contribution in [0.25, 0.3) is 0 Å². The molecule has 3 nitrogen and oxygen atoms in total. The average molecular weight is 349 g/mol. The van der Waals surface area contributed by atoms with Gasteiger partial charge in [0.15, 0.2) is 0 Å². The molecule has 1 atom stereocenters. The Hall–Kier alpha value is -1.72. The van der Waals surface area contributed by atoms with Gasteiger partial charge >= 0.3 is 0 Å². The highest BCUT2D eigenvalue weighted by atomic mass is 79.9. The Bertz CT molecular complexity index is 732.